The van der Waals surface area contributed by atoms with Gasteiger partial charge in [-0.15, -0.1) is 12.4 Å². The number of aromatic nitrogens is 1. The average molecular weight is 353 g/mol. The van der Waals surface area contributed by atoms with Crippen LogP contribution in [0.3, 0.4) is 0 Å². The van der Waals surface area contributed by atoms with Gasteiger partial charge in [-0.3, -0.25) is 0 Å². The maximum atomic E-state index is 3.79. The third-order valence-corrected chi connectivity index (χ3v) is 5.80. The van der Waals surface area contributed by atoms with E-state index in [1.54, 1.807) is 11.1 Å². The van der Waals surface area contributed by atoms with Gasteiger partial charge in [0.2, 0.25) is 0 Å². The van der Waals surface area contributed by atoms with E-state index in [4.69, 9.17) is 0 Å². The highest BCUT2D eigenvalue weighted by Crippen LogP contribution is 2.39. The van der Waals surface area contributed by atoms with E-state index in [2.05, 4.69) is 59.3 Å². The van der Waals surface area contributed by atoms with Crippen molar-refractivity contribution in [2.24, 2.45) is 0 Å². The lowest BCUT2D eigenvalue weighted by Gasteiger charge is -2.27. The van der Waals surface area contributed by atoms with Gasteiger partial charge in [0, 0.05) is 24.2 Å². The number of aryl methyl sites for hydroxylation is 3. The molecule has 0 aliphatic carbocycles. The average Bonchev–Trinajstić information content (AvgIpc) is 2.79. The molecule has 2 aromatic carbocycles. The highest BCUT2D eigenvalue weighted by atomic mass is 35.5. The fraction of sp³-hybridized carbons (Fsp3) is 0.364. The van der Waals surface area contributed by atoms with Gasteiger partial charge in [0.1, 0.15) is 0 Å². The van der Waals surface area contributed by atoms with Gasteiger partial charge < -0.3 is 9.88 Å². The molecule has 0 spiro atoms. The SMILES string of the molecule is Cc1ccc(C2NCCc3c2n2c4c(cccc34)CCCC2)cc1.Cl. The first-order valence-electron chi connectivity index (χ1n) is 9.26. The molecule has 0 saturated heterocycles. The third kappa shape index (κ3) is 2.59. The summed E-state index contributed by atoms with van der Waals surface area (Å²) in [4.78, 5) is 0. The fourth-order valence-electron chi connectivity index (χ4n) is 4.66. The Balaban J connectivity index is 0.00000157. The first kappa shape index (κ1) is 16.7. The number of nitrogens with one attached hydrogen (secondary N) is 1. The molecule has 1 aromatic heterocycles. The molecule has 3 heterocycles. The van der Waals surface area contributed by atoms with Crippen LogP contribution < -0.4 is 5.32 Å². The van der Waals surface area contributed by atoms with Gasteiger partial charge in [-0.25, -0.2) is 0 Å². The van der Waals surface area contributed by atoms with Gasteiger partial charge in [0.05, 0.1) is 11.6 Å². The maximum absolute atomic E-state index is 3.79. The van der Waals surface area contributed by atoms with Crippen molar-refractivity contribution < 1.29 is 0 Å². The zero-order chi connectivity index (χ0) is 16.1. The minimum atomic E-state index is 0. The summed E-state index contributed by atoms with van der Waals surface area (Å²) in [5, 5.41) is 5.29. The minimum Gasteiger partial charge on any atom is -0.342 e. The van der Waals surface area contributed by atoms with Crippen LogP contribution in [0, 0.1) is 6.92 Å². The number of rotatable bonds is 1. The first-order valence-corrected chi connectivity index (χ1v) is 9.26. The van der Waals surface area contributed by atoms with Gasteiger partial charge in [-0.05, 0) is 49.3 Å². The molecule has 25 heavy (non-hydrogen) atoms. The van der Waals surface area contributed by atoms with E-state index in [0.717, 1.165) is 19.5 Å². The van der Waals surface area contributed by atoms with Crippen molar-refractivity contribution in [3.8, 4) is 0 Å². The van der Waals surface area contributed by atoms with Crippen molar-refractivity contribution in [3.63, 3.8) is 0 Å². The largest absolute Gasteiger partial charge is 0.342 e. The molecule has 5 rings (SSSR count). The van der Waals surface area contributed by atoms with E-state index >= 15 is 0 Å². The van der Waals surface area contributed by atoms with Gasteiger partial charge in [0.15, 0.2) is 0 Å². The predicted molar refractivity (Wildman–Crippen MR) is 107 cm³/mol. The summed E-state index contributed by atoms with van der Waals surface area (Å²) >= 11 is 0. The topological polar surface area (TPSA) is 17.0 Å². The molecule has 1 N–H and O–H groups in total. The summed E-state index contributed by atoms with van der Waals surface area (Å²) in [5.74, 6) is 0. The molecule has 1 atom stereocenters. The number of hydrogen-bond acceptors (Lipinski definition) is 1. The second kappa shape index (κ2) is 6.51. The Labute approximate surface area is 155 Å². The standard InChI is InChI=1S/C22H24N2.ClH/c1-15-8-10-16(11-9-15)20-22-19(12-13-23-20)18-7-4-6-17-5-2-3-14-24(22)21(17)18;/h4,6-11,20,23H,2-3,5,12-14H2,1H3;1H. The van der Waals surface area contributed by atoms with Crippen LogP contribution in [0.2, 0.25) is 0 Å². The predicted octanol–water partition coefficient (Wildman–Crippen LogP) is 4.94. The minimum absolute atomic E-state index is 0. The molecule has 0 fully saturated rings. The van der Waals surface area contributed by atoms with E-state index in [1.807, 2.05) is 0 Å². The van der Waals surface area contributed by atoms with Crippen molar-refractivity contribution >= 4 is 23.3 Å². The zero-order valence-corrected chi connectivity index (χ0v) is 15.5. The lowest BCUT2D eigenvalue weighted by molar-refractivity contribution is 0.516. The summed E-state index contributed by atoms with van der Waals surface area (Å²) in [5.41, 5.74) is 8.89. The fourth-order valence-corrected chi connectivity index (χ4v) is 4.66. The number of nitrogens with zero attached hydrogens (tertiary/aromatic N) is 1. The van der Waals surface area contributed by atoms with Crippen LogP contribution in [0.1, 0.15) is 46.8 Å². The van der Waals surface area contributed by atoms with E-state index in [1.165, 1.54) is 47.0 Å². The monoisotopic (exact) mass is 352 g/mol. The summed E-state index contributed by atoms with van der Waals surface area (Å²) in [6.45, 7) is 4.39. The maximum Gasteiger partial charge on any atom is 0.0734 e. The van der Waals surface area contributed by atoms with Crippen molar-refractivity contribution in [3.05, 3.63) is 70.4 Å². The Kier molecular flexibility index (Phi) is 4.35. The Bertz CT molecular complexity index is 908. The molecule has 1 unspecified atom stereocenters. The quantitative estimate of drug-likeness (QED) is 0.656. The summed E-state index contributed by atoms with van der Waals surface area (Å²) < 4.78 is 2.64. The number of fused-ring (bicyclic) bond motifs is 3. The number of para-hydroxylation sites is 1. The van der Waals surface area contributed by atoms with Gasteiger partial charge in [0.25, 0.3) is 0 Å². The smallest absolute Gasteiger partial charge is 0.0734 e. The lowest BCUT2D eigenvalue weighted by atomic mass is 9.93. The molecule has 2 aliphatic heterocycles. The zero-order valence-electron chi connectivity index (χ0n) is 14.7. The highest BCUT2D eigenvalue weighted by molar-refractivity contribution is 5.89. The van der Waals surface area contributed by atoms with Crippen molar-refractivity contribution in [2.75, 3.05) is 6.54 Å². The molecule has 2 aliphatic rings. The molecular weight excluding hydrogens is 328 g/mol. The van der Waals surface area contributed by atoms with Gasteiger partial charge in [-0.2, -0.15) is 0 Å². The van der Waals surface area contributed by atoms with Crippen LogP contribution >= 0.6 is 12.4 Å². The Morgan fingerprint density at radius 1 is 1.00 bits per heavy atom. The normalized spacial score (nSPS) is 19.2. The number of benzene rings is 2. The van der Waals surface area contributed by atoms with Crippen LogP contribution in [0.5, 0.6) is 0 Å². The van der Waals surface area contributed by atoms with Gasteiger partial charge >= 0.3 is 0 Å². The Morgan fingerprint density at radius 3 is 2.68 bits per heavy atom. The highest BCUT2D eigenvalue weighted by Gasteiger charge is 2.29. The van der Waals surface area contributed by atoms with E-state index in [0.29, 0.717) is 6.04 Å². The molecule has 0 amide bonds. The van der Waals surface area contributed by atoms with E-state index in [9.17, 15) is 0 Å². The first-order chi connectivity index (χ1) is 11.8. The van der Waals surface area contributed by atoms with Crippen LogP contribution in [-0.4, -0.2) is 11.1 Å². The molecule has 3 heteroatoms. The summed E-state index contributed by atoms with van der Waals surface area (Å²) in [7, 11) is 0. The lowest BCUT2D eigenvalue weighted by Crippen LogP contribution is -2.32. The van der Waals surface area contributed by atoms with Crippen molar-refractivity contribution in [1.82, 2.24) is 9.88 Å². The molecule has 0 radical (unpaired) electrons. The van der Waals surface area contributed by atoms with Crippen LogP contribution in [-0.2, 0) is 19.4 Å². The molecule has 0 saturated carbocycles. The molecular formula is C22H25ClN2. The van der Waals surface area contributed by atoms with E-state index in [-0.39, 0.29) is 12.4 Å². The summed E-state index contributed by atoms with van der Waals surface area (Å²) in [6.07, 6.45) is 4.96. The summed E-state index contributed by atoms with van der Waals surface area (Å²) in [6, 6.07) is 16.3. The van der Waals surface area contributed by atoms with Gasteiger partial charge in [-0.1, -0.05) is 48.0 Å². The van der Waals surface area contributed by atoms with Crippen molar-refractivity contribution in [2.45, 2.75) is 45.2 Å². The second-order valence-corrected chi connectivity index (χ2v) is 7.33. The van der Waals surface area contributed by atoms with Crippen LogP contribution in [0.15, 0.2) is 42.5 Å². The third-order valence-electron chi connectivity index (χ3n) is 5.80. The van der Waals surface area contributed by atoms with Crippen LogP contribution in [0.4, 0.5) is 0 Å². The Morgan fingerprint density at radius 2 is 1.84 bits per heavy atom. The number of halogens is 1. The molecule has 130 valence electrons. The Hall–Kier alpha value is -1.77. The van der Waals surface area contributed by atoms with Crippen LogP contribution in [0.25, 0.3) is 10.9 Å². The molecule has 3 aromatic rings. The second-order valence-electron chi connectivity index (χ2n) is 7.33. The number of hydrogen-bond donors (Lipinski definition) is 1. The molecule has 0 bridgehead atoms. The van der Waals surface area contributed by atoms with E-state index < -0.39 is 0 Å². The van der Waals surface area contributed by atoms with Crippen molar-refractivity contribution in [1.29, 1.82) is 0 Å². The molecule has 2 nitrogen and oxygen atoms in total.